The van der Waals surface area contributed by atoms with Crippen molar-refractivity contribution in [3.8, 4) is 0 Å². The molecule has 120 valence electrons. The van der Waals surface area contributed by atoms with Gasteiger partial charge in [-0.25, -0.2) is 4.79 Å². The summed E-state index contributed by atoms with van der Waals surface area (Å²) in [6, 6.07) is 14.9. The quantitative estimate of drug-likeness (QED) is 0.826. The third-order valence-corrected chi connectivity index (χ3v) is 3.66. The predicted molar refractivity (Wildman–Crippen MR) is 89.6 cm³/mol. The van der Waals surface area contributed by atoms with Gasteiger partial charge < -0.3 is 10.4 Å². The number of hydrogen-bond acceptors (Lipinski definition) is 2. The standard InChI is InChI=1S/C19H21NO3/c1-14-3-2-4-16(13-14)11-12-20-18(21)10-7-15-5-8-17(9-6-15)19(22)23/h2-6,8-9,13H,7,10-12H2,1H3,(H,20,21)(H,22,23). The van der Waals surface area contributed by atoms with E-state index in [2.05, 4.69) is 30.4 Å². The van der Waals surface area contributed by atoms with Crippen LogP contribution in [0.15, 0.2) is 48.5 Å². The zero-order valence-corrected chi connectivity index (χ0v) is 13.2. The maximum atomic E-state index is 11.8. The Kier molecular flexibility index (Phi) is 5.92. The van der Waals surface area contributed by atoms with Gasteiger partial charge in [-0.3, -0.25) is 4.79 Å². The number of amides is 1. The molecule has 0 aliphatic carbocycles. The molecule has 0 saturated carbocycles. The van der Waals surface area contributed by atoms with Crippen molar-refractivity contribution in [2.75, 3.05) is 6.54 Å². The molecule has 0 aliphatic rings. The van der Waals surface area contributed by atoms with Gasteiger partial charge in [0, 0.05) is 13.0 Å². The van der Waals surface area contributed by atoms with E-state index in [1.54, 1.807) is 24.3 Å². The molecular formula is C19H21NO3. The summed E-state index contributed by atoms with van der Waals surface area (Å²) in [6.45, 7) is 2.68. The zero-order valence-electron chi connectivity index (χ0n) is 13.2. The van der Waals surface area contributed by atoms with Crippen LogP contribution in [0.5, 0.6) is 0 Å². The van der Waals surface area contributed by atoms with Crippen LogP contribution < -0.4 is 5.32 Å². The number of nitrogens with one attached hydrogen (secondary N) is 1. The first kappa shape index (κ1) is 16.7. The van der Waals surface area contributed by atoms with Gasteiger partial charge in [-0.1, -0.05) is 42.0 Å². The Morgan fingerprint density at radius 2 is 1.74 bits per heavy atom. The molecule has 0 spiro atoms. The SMILES string of the molecule is Cc1cccc(CCNC(=O)CCc2ccc(C(=O)O)cc2)c1. The molecule has 4 nitrogen and oxygen atoms in total. The minimum atomic E-state index is -0.939. The number of aryl methyl sites for hydroxylation is 2. The van der Waals surface area contributed by atoms with Crippen LogP contribution in [0.3, 0.4) is 0 Å². The summed E-state index contributed by atoms with van der Waals surface area (Å²) < 4.78 is 0. The topological polar surface area (TPSA) is 66.4 Å². The number of rotatable bonds is 7. The van der Waals surface area contributed by atoms with Crippen LogP contribution in [-0.2, 0) is 17.6 Å². The molecule has 2 aromatic carbocycles. The van der Waals surface area contributed by atoms with E-state index in [4.69, 9.17) is 5.11 Å². The van der Waals surface area contributed by atoms with Gasteiger partial charge in [-0.05, 0) is 43.0 Å². The Balaban J connectivity index is 1.71. The number of carboxylic acids is 1. The second-order valence-corrected chi connectivity index (χ2v) is 5.59. The number of benzene rings is 2. The van der Waals surface area contributed by atoms with Crippen molar-refractivity contribution in [3.63, 3.8) is 0 Å². The van der Waals surface area contributed by atoms with Gasteiger partial charge in [0.25, 0.3) is 0 Å². The molecule has 0 aliphatic heterocycles. The maximum absolute atomic E-state index is 11.8. The van der Waals surface area contributed by atoms with Crippen molar-refractivity contribution in [1.82, 2.24) is 5.32 Å². The lowest BCUT2D eigenvalue weighted by atomic mass is 10.1. The van der Waals surface area contributed by atoms with E-state index in [0.717, 1.165) is 12.0 Å². The fourth-order valence-electron chi connectivity index (χ4n) is 2.37. The first-order valence-electron chi connectivity index (χ1n) is 7.69. The number of hydrogen-bond donors (Lipinski definition) is 2. The zero-order chi connectivity index (χ0) is 16.7. The van der Waals surface area contributed by atoms with Crippen LogP contribution in [0, 0.1) is 6.92 Å². The van der Waals surface area contributed by atoms with Gasteiger partial charge in [-0.2, -0.15) is 0 Å². The van der Waals surface area contributed by atoms with Crippen molar-refractivity contribution in [1.29, 1.82) is 0 Å². The molecule has 0 atom stereocenters. The summed E-state index contributed by atoms with van der Waals surface area (Å²) in [7, 11) is 0. The lowest BCUT2D eigenvalue weighted by Crippen LogP contribution is -2.25. The Morgan fingerprint density at radius 3 is 2.39 bits per heavy atom. The molecule has 0 aromatic heterocycles. The summed E-state index contributed by atoms with van der Waals surface area (Å²) in [5.41, 5.74) is 3.66. The molecule has 4 heteroatoms. The lowest BCUT2D eigenvalue weighted by Gasteiger charge is -2.06. The molecule has 0 heterocycles. The van der Waals surface area contributed by atoms with E-state index >= 15 is 0 Å². The van der Waals surface area contributed by atoms with Crippen LogP contribution in [-0.4, -0.2) is 23.5 Å². The van der Waals surface area contributed by atoms with Crippen LogP contribution in [0.1, 0.15) is 33.5 Å². The second-order valence-electron chi connectivity index (χ2n) is 5.59. The summed E-state index contributed by atoms with van der Waals surface area (Å²) >= 11 is 0. The molecule has 2 rings (SSSR count). The van der Waals surface area contributed by atoms with Crippen LogP contribution >= 0.6 is 0 Å². The van der Waals surface area contributed by atoms with E-state index in [-0.39, 0.29) is 11.5 Å². The fraction of sp³-hybridized carbons (Fsp3) is 0.263. The smallest absolute Gasteiger partial charge is 0.335 e. The van der Waals surface area contributed by atoms with Crippen LogP contribution in [0.2, 0.25) is 0 Å². The largest absolute Gasteiger partial charge is 0.478 e. The number of carbonyl (C=O) groups is 2. The number of carbonyl (C=O) groups excluding carboxylic acids is 1. The normalized spacial score (nSPS) is 10.3. The monoisotopic (exact) mass is 311 g/mol. The van der Waals surface area contributed by atoms with Crippen molar-refractivity contribution >= 4 is 11.9 Å². The molecular weight excluding hydrogens is 290 g/mol. The van der Waals surface area contributed by atoms with E-state index in [9.17, 15) is 9.59 Å². The van der Waals surface area contributed by atoms with Gasteiger partial charge in [0.15, 0.2) is 0 Å². The maximum Gasteiger partial charge on any atom is 0.335 e. The van der Waals surface area contributed by atoms with E-state index in [1.807, 2.05) is 6.07 Å². The van der Waals surface area contributed by atoms with Crippen molar-refractivity contribution in [2.45, 2.75) is 26.2 Å². The molecule has 1 amide bonds. The highest BCUT2D eigenvalue weighted by atomic mass is 16.4. The first-order chi connectivity index (χ1) is 11.0. The van der Waals surface area contributed by atoms with Gasteiger partial charge in [-0.15, -0.1) is 0 Å². The van der Waals surface area contributed by atoms with E-state index in [1.165, 1.54) is 11.1 Å². The summed E-state index contributed by atoms with van der Waals surface area (Å²) in [5, 5.41) is 11.8. The molecule has 0 radical (unpaired) electrons. The highest BCUT2D eigenvalue weighted by Crippen LogP contribution is 2.07. The highest BCUT2D eigenvalue weighted by molar-refractivity contribution is 5.87. The Hall–Kier alpha value is -2.62. The van der Waals surface area contributed by atoms with Crippen molar-refractivity contribution in [3.05, 3.63) is 70.8 Å². The summed E-state index contributed by atoms with van der Waals surface area (Å²) in [4.78, 5) is 22.6. The van der Waals surface area contributed by atoms with Gasteiger partial charge >= 0.3 is 5.97 Å². The van der Waals surface area contributed by atoms with Gasteiger partial charge in [0.05, 0.1) is 5.56 Å². The molecule has 0 bridgehead atoms. The highest BCUT2D eigenvalue weighted by Gasteiger charge is 2.04. The molecule has 0 fully saturated rings. The van der Waals surface area contributed by atoms with E-state index < -0.39 is 5.97 Å². The third kappa shape index (κ3) is 5.58. The van der Waals surface area contributed by atoms with Gasteiger partial charge in [0.1, 0.15) is 0 Å². The van der Waals surface area contributed by atoms with Crippen molar-refractivity contribution < 1.29 is 14.7 Å². The summed E-state index contributed by atoms with van der Waals surface area (Å²) in [5.74, 6) is -0.926. The molecule has 2 aromatic rings. The van der Waals surface area contributed by atoms with Crippen molar-refractivity contribution in [2.24, 2.45) is 0 Å². The molecule has 0 saturated heterocycles. The minimum absolute atomic E-state index is 0.0139. The number of carboxylic acid groups (broad SMARTS) is 1. The molecule has 2 N–H and O–H groups in total. The average molecular weight is 311 g/mol. The van der Waals surface area contributed by atoms with Crippen LogP contribution in [0.4, 0.5) is 0 Å². The third-order valence-electron chi connectivity index (χ3n) is 3.66. The Morgan fingerprint density at radius 1 is 1.00 bits per heavy atom. The molecule has 23 heavy (non-hydrogen) atoms. The van der Waals surface area contributed by atoms with E-state index in [0.29, 0.717) is 19.4 Å². The van der Waals surface area contributed by atoms with Crippen LogP contribution in [0.25, 0.3) is 0 Å². The Bertz CT molecular complexity index is 677. The fourth-order valence-corrected chi connectivity index (χ4v) is 2.37. The first-order valence-corrected chi connectivity index (χ1v) is 7.69. The minimum Gasteiger partial charge on any atom is -0.478 e. The second kappa shape index (κ2) is 8.13. The summed E-state index contributed by atoms with van der Waals surface area (Å²) in [6.07, 6.45) is 1.83. The Labute approximate surface area is 136 Å². The molecule has 0 unspecified atom stereocenters. The van der Waals surface area contributed by atoms with Gasteiger partial charge in [0.2, 0.25) is 5.91 Å². The number of aromatic carboxylic acids is 1. The lowest BCUT2D eigenvalue weighted by molar-refractivity contribution is -0.121. The predicted octanol–water partition coefficient (Wildman–Crippen LogP) is 2.98. The average Bonchev–Trinajstić information content (AvgIpc) is 2.53.